The molecule has 1 fully saturated rings. The van der Waals surface area contributed by atoms with Gasteiger partial charge < -0.3 is 30.2 Å². The Morgan fingerprint density at radius 1 is 1.30 bits per heavy atom. The van der Waals surface area contributed by atoms with Gasteiger partial charge >= 0.3 is 37.6 Å². The molecule has 0 aromatic carbocycles. The number of hydrogen-bond acceptors (Lipinski definition) is 0. The van der Waals surface area contributed by atoms with Crippen molar-refractivity contribution >= 4 is 12.0 Å². The smallest absolute Gasteiger partial charge is 0.0701 e. The van der Waals surface area contributed by atoms with Crippen molar-refractivity contribution < 1.29 is 44.8 Å². The molecule has 0 saturated heterocycles. The van der Waals surface area contributed by atoms with Crippen LogP contribution in [-0.2, 0) is 20.0 Å². The Labute approximate surface area is 150 Å². The molecular weight excluding hydrogens is 341 g/mol. The average Bonchev–Trinajstić information content (AvgIpc) is 2.61. The zero-order valence-electron chi connectivity index (χ0n) is 13.3. The van der Waals surface area contributed by atoms with Crippen LogP contribution in [0, 0.1) is 12.3 Å². The molecule has 0 heterocycles. The van der Waals surface area contributed by atoms with Crippen molar-refractivity contribution in [1.82, 2.24) is 0 Å². The van der Waals surface area contributed by atoms with Crippen LogP contribution < -0.4 is 24.8 Å². The molecular formula is C15H27Cl2NSiTi-2. The van der Waals surface area contributed by atoms with Gasteiger partial charge in [0.1, 0.15) is 0 Å². The Morgan fingerprint density at radius 2 is 1.75 bits per heavy atom. The molecule has 0 amide bonds. The Hall–Kier alpha value is 0.691. The molecule has 1 saturated carbocycles. The van der Waals surface area contributed by atoms with E-state index in [1.807, 2.05) is 19.6 Å². The van der Waals surface area contributed by atoms with Gasteiger partial charge in [0, 0.05) is 0 Å². The van der Waals surface area contributed by atoms with Crippen molar-refractivity contribution in [3.8, 4) is 0 Å². The normalized spacial score (nSPS) is 18.4. The van der Waals surface area contributed by atoms with Crippen LogP contribution in [0.15, 0.2) is 23.8 Å². The van der Waals surface area contributed by atoms with Crippen molar-refractivity contribution in [1.29, 1.82) is 0 Å². The summed E-state index contributed by atoms with van der Waals surface area (Å²) < 4.78 is 1.42. The van der Waals surface area contributed by atoms with Crippen LogP contribution in [0.3, 0.4) is 0 Å². The Kier molecular flexibility index (Phi) is 17.1. The molecule has 20 heavy (non-hydrogen) atoms. The first kappa shape index (κ1) is 25.6. The van der Waals surface area contributed by atoms with E-state index in [1.165, 1.54) is 23.1 Å². The van der Waals surface area contributed by atoms with Gasteiger partial charge in [-0.2, -0.15) is 0 Å². The van der Waals surface area contributed by atoms with E-state index in [0.717, 1.165) is 5.92 Å². The molecule has 0 bridgehead atoms. The van der Waals surface area contributed by atoms with Gasteiger partial charge in [0.05, 0.1) is 0 Å². The third kappa shape index (κ3) is 18.7. The predicted octanol–water partition coefficient (Wildman–Crippen LogP) is -0.886. The van der Waals surface area contributed by atoms with Gasteiger partial charge in [-0.15, -0.1) is 18.6 Å². The molecule has 5 heteroatoms. The van der Waals surface area contributed by atoms with E-state index in [0.29, 0.717) is 0 Å². The van der Waals surface area contributed by atoms with Gasteiger partial charge in [0.25, 0.3) is 0 Å². The zero-order valence-corrected chi connectivity index (χ0v) is 17.3. The van der Waals surface area contributed by atoms with Gasteiger partial charge in [-0.05, 0) is 12.3 Å². The molecule has 1 unspecified atom stereocenters. The maximum atomic E-state index is 7.08. The zero-order chi connectivity index (χ0) is 14.2. The van der Waals surface area contributed by atoms with Crippen LogP contribution in [0.1, 0.15) is 33.1 Å². The van der Waals surface area contributed by atoms with Crippen molar-refractivity contribution in [2.75, 3.05) is 0 Å². The minimum atomic E-state index is -1.36. The molecule has 2 rings (SSSR count). The fourth-order valence-corrected chi connectivity index (χ4v) is 1.66. The number of halogens is 2. The van der Waals surface area contributed by atoms with E-state index >= 15 is 0 Å². The van der Waals surface area contributed by atoms with E-state index in [9.17, 15) is 0 Å². The van der Waals surface area contributed by atoms with Crippen LogP contribution in [0.2, 0.25) is 19.6 Å². The van der Waals surface area contributed by atoms with Gasteiger partial charge in [0.15, 0.2) is 0 Å². The molecule has 1 nitrogen and oxygen atoms in total. The number of fused-ring (bicyclic) bond motifs is 1. The molecule has 0 aromatic heterocycles. The SMILES string of the molecule is C1=CCC2CC[CH-]C2=C1.C[C](C)=[Ti+2].C[Si](C)(C)[NH-].[Cl-].[Cl-]. The second kappa shape index (κ2) is 13.4. The van der Waals surface area contributed by atoms with Gasteiger partial charge in [-0.1, -0.05) is 34.3 Å². The molecule has 0 aromatic rings. The number of allylic oxidation sites excluding steroid dienone is 4. The van der Waals surface area contributed by atoms with Crippen LogP contribution >= 0.6 is 0 Å². The number of hydrogen-bond donors (Lipinski definition) is 0. The topological polar surface area (TPSA) is 23.8 Å². The Balaban J connectivity index is -0.000000232. The number of rotatable bonds is 0. The van der Waals surface area contributed by atoms with E-state index in [2.05, 4.69) is 58.5 Å². The third-order valence-electron chi connectivity index (χ3n) is 2.21. The third-order valence-corrected chi connectivity index (χ3v) is 2.21. The molecule has 0 spiro atoms. The second-order valence-electron chi connectivity index (χ2n) is 6.06. The van der Waals surface area contributed by atoms with Gasteiger partial charge in [-0.3, -0.25) is 0 Å². The summed E-state index contributed by atoms with van der Waals surface area (Å²) in [5, 5.41) is 7.08. The molecule has 0 aliphatic heterocycles. The van der Waals surface area contributed by atoms with E-state index in [4.69, 9.17) is 5.40 Å². The van der Waals surface area contributed by atoms with Crippen LogP contribution in [0.5, 0.6) is 0 Å². The van der Waals surface area contributed by atoms with Crippen molar-refractivity contribution in [3.63, 3.8) is 0 Å². The fraction of sp³-hybridized carbons (Fsp3) is 0.600. The average molecular weight is 368 g/mol. The van der Waals surface area contributed by atoms with Gasteiger partial charge in [-0.25, -0.2) is 18.1 Å². The molecule has 1 N–H and O–H groups in total. The van der Waals surface area contributed by atoms with Crippen LogP contribution in [-0.4, -0.2) is 12.0 Å². The minimum Gasteiger partial charge on any atom is -1.00 e. The summed E-state index contributed by atoms with van der Waals surface area (Å²) in [7, 11) is -1.36. The number of nitrogens with one attached hydrogen (secondary N) is 1. The molecule has 2 aliphatic carbocycles. The fourth-order valence-electron chi connectivity index (χ4n) is 1.66. The first-order valence-electron chi connectivity index (χ1n) is 6.67. The summed E-state index contributed by atoms with van der Waals surface area (Å²) >= 11 is 2.08. The van der Waals surface area contributed by atoms with Gasteiger partial charge in [0.2, 0.25) is 0 Å². The van der Waals surface area contributed by atoms with E-state index in [1.54, 1.807) is 5.57 Å². The maximum absolute atomic E-state index is 7.08. The van der Waals surface area contributed by atoms with E-state index in [-0.39, 0.29) is 24.8 Å². The first-order chi connectivity index (χ1) is 8.20. The van der Waals surface area contributed by atoms with E-state index < -0.39 is 8.24 Å². The minimum absolute atomic E-state index is 0. The van der Waals surface area contributed by atoms with Crippen molar-refractivity contribution in [3.05, 3.63) is 35.6 Å². The van der Waals surface area contributed by atoms with Crippen molar-refractivity contribution in [2.24, 2.45) is 5.92 Å². The van der Waals surface area contributed by atoms with Crippen LogP contribution in [0.4, 0.5) is 0 Å². The summed E-state index contributed by atoms with van der Waals surface area (Å²) in [5.74, 6) is 0.884. The standard InChI is InChI=1S/C9H11.C3H10NSi.C3H6.2ClH.Ti/c1-2-5-9-7-3-6-8(9)4-1;1-5(2,3)4;1-3-2;;;/h1-2,4,6,9H,3,5,7H2;4H,1-3H3;1-2H3;2*1H;/q2*-1;;;;+2/p-2. The Bertz CT molecular complexity index is 312. The van der Waals surface area contributed by atoms with Crippen LogP contribution in [0.25, 0.3) is 5.40 Å². The summed E-state index contributed by atoms with van der Waals surface area (Å²) in [6, 6.07) is 0. The summed E-state index contributed by atoms with van der Waals surface area (Å²) in [4.78, 5) is 0. The van der Waals surface area contributed by atoms with Crippen molar-refractivity contribution in [2.45, 2.75) is 52.8 Å². The maximum Gasteiger partial charge on any atom is -0.0701 e. The molecule has 0 radical (unpaired) electrons. The summed E-state index contributed by atoms with van der Waals surface area (Å²) in [6.07, 6.45) is 13.0. The Morgan fingerprint density at radius 3 is 2.15 bits per heavy atom. The molecule has 1 atom stereocenters. The molecule has 2 aliphatic rings. The quantitative estimate of drug-likeness (QED) is 0.392. The monoisotopic (exact) mass is 367 g/mol. The second-order valence-corrected chi connectivity index (χ2v) is 12.1. The summed E-state index contributed by atoms with van der Waals surface area (Å²) in [6.45, 7) is 10.1. The summed E-state index contributed by atoms with van der Waals surface area (Å²) in [5.41, 5.74) is 1.58. The molecule has 116 valence electrons. The largest absolute Gasteiger partial charge is 1.00 e. The predicted molar refractivity (Wildman–Crippen MR) is 82.9 cm³/mol. The first-order valence-corrected chi connectivity index (χ1v) is 10.9.